The van der Waals surface area contributed by atoms with Crippen LogP contribution >= 0.6 is 0 Å². The molecular formula is C29H32N2O3. The molecule has 1 aromatic heterocycles. The van der Waals surface area contributed by atoms with Gasteiger partial charge in [-0.15, -0.1) is 6.58 Å². The van der Waals surface area contributed by atoms with Crippen molar-refractivity contribution in [1.29, 1.82) is 0 Å². The van der Waals surface area contributed by atoms with E-state index in [1.165, 1.54) is 11.1 Å². The molecular weight excluding hydrogens is 424 g/mol. The lowest BCUT2D eigenvalue weighted by molar-refractivity contribution is 0.283. The van der Waals surface area contributed by atoms with E-state index in [1.807, 2.05) is 36.4 Å². The second-order valence-corrected chi connectivity index (χ2v) is 8.23. The molecule has 1 heterocycles. The van der Waals surface area contributed by atoms with Crippen LogP contribution in [0.4, 0.5) is 0 Å². The number of hydrogen-bond acceptors (Lipinski definition) is 4. The van der Waals surface area contributed by atoms with Gasteiger partial charge in [-0.1, -0.05) is 36.4 Å². The molecule has 0 saturated heterocycles. The van der Waals surface area contributed by atoms with Gasteiger partial charge in [0.25, 0.3) is 0 Å². The highest BCUT2D eigenvalue weighted by molar-refractivity contribution is 5.76. The third-order valence-corrected chi connectivity index (χ3v) is 5.90. The zero-order chi connectivity index (χ0) is 23.8. The predicted octanol–water partition coefficient (Wildman–Crippen LogP) is 6.23. The van der Waals surface area contributed by atoms with E-state index in [0.29, 0.717) is 6.61 Å². The lowest BCUT2D eigenvalue weighted by Crippen LogP contribution is -2.07. The number of ether oxygens (including phenoxy) is 3. The molecule has 0 fully saturated rings. The summed E-state index contributed by atoms with van der Waals surface area (Å²) in [5.41, 5.74) is 4.58. The minimum atomic E-state index is 0.637. The Morgan fingerprint density at radius 2 is 1.68 bits per heavy atom. The number of aryl methyl sites for hydroxylation is 1. The molecule has 4 aromatic rings. The van der Waals surface area contributed by atoms with E-state index in [0.717, 1.165) is 66.4 Å². The molecule has 34 heavy (non-hydrogen) atoms. The average molecular weight is 457 g/mol. The van der Waals surface area contributed by atoms with E-state index >= 15 is 0 Å². The van der Waals surface area contributed by atoms with Gasteiger partial charge in [0.15, 0.2) is 11.5 Å². The maximum Gasteiger partial charge on any atom is 0.161 e. The molecule has 0 saturated carbocycles. The number of hydrogen-bond donors (Lipinski definition) is 0. The first kappa shape index (κ1) is 23.4. The number of allylic oxidation sites excluding steroid dienone is 1. The van der Waals surface area contributed by atoms with Crippen LogP contribution in [0.15, 0.2) is 79.4 Å². The maximum atomic E-state index is 6.03. The van der Waals surface area contributed by atoms with Crippen LogP contribution in [0.2, 0.25) is 0 Å². The molecule has 5 heteroatoms. The molecule has 0 aliphatic rings. The summed E-state index contributed by atoms with van der Waals surface area (Å²) in [4.78, 5) is 4.92. The van der Waals surface area contributed by atoms with Gasteiger partial charge in [0.05, 0.1) is 31.9 Å². The number of benzene rings is 3. The quantitative estimate of drug-likeness (QED) is 0.187. The van der Waals surface area contributed by atoms with Crippen LogP contribution in [0.5, 0.6) is 17.2 Å². The maximum absolute atomic E-state index is 6.03. The lowest BCUT2D eigenvalue weighted by Gasteiger charge is -2.13. The van der Waals surface area contributed by atoms with E-state index in [1.54, 1.807) is 14.2 Å². The Morgan fingerprint density at radius 1 is 0.882 bits per heavy atom. The molecule has 0 atom stereocenters. The van der Waals surface area contributed by atoms with Crippen molar-refractivity contribution in [3.05, 3.63) is 96.3 Å². The smallest absolute Gasteiger partial charge is 0.161 e. The van der Waals surface area contributed by atoms with Crippen LogP contribution in [-0.2, 0) is 19.4 Å². The minimum absolute atomic E-state index is 0.637. The Bertz CT molecular complexity index is 1230. The Balaban J connectivity index is 1.39. The standard InChI is InChI=1S/C29H32N2O3/c1-4-9-22-14-17-27(28(20-22)33-3)34-19-8-7-18-31-26-11-6-5-10-25(26)30-29(31)21-23-12-15-24(32-2)16-13-23/h4-6,10-17,20H,1,7-9,18-19,21H2,2-3H3. The first-order valence-electron chi connectivity index (χ1n) is 11.7. The highest BCUT2D eigenvalue weighted by Crippen LogP contribution is 2.28. The molecule has 0 aliphatic heterocycles. The van der Waals surface area contributed by atoms with E-state index in [-0.39, 0.29) is 0 Å². The Labute approximate surface area is 201 Å². The van der Waals surface area contributed by atoms with Gasteiger partial charge >= 0.3 is 0 Å². The van der Waals surface area contributed by atoms with Gasteiger partial charge in [0.1, 0.15) is 11.6 Å². The summed E-state index contributed by atoms with van der Waals surface area (Å²) >= 11 is 0. The molecule has 0 spiro atoms. The number of imidazole rings is 1. The van der Waals surface area contributed by atoms with Crippen molar-refractivity contribution in [3.63, 3.8) is 0 Å². The van der Waals surface area contributed by atoms with Crippen molar-refractivity contribution < 1.29 is 14.2 Å². The van der Waals surface area contributed by atoms with Gasteiger partial charge in [-0.05, 0) is 66.8 Å². The van der Waals surface area contributed by atoms with E-state index < -0.39 is 0 Å². The van der Waals surface area contributed by atoms with Crippen LogP contribution in [-0.4, -0.2) is 30.4 Å². The topological polar surface area (TPSA) is 45.5 Å². The molecule has 0 unspecified atom stereocenters. The molecule has 5 nitrogen and oxygen atoms in total. The van der Waals surface area contributed by atoms with Gasteiger partial charge in [0.2, 0.25) is 0 Å². The SMILES string of the molecule is C=CCc1ccc(OCCCCn2c(Cc3ccc(OC)cc3)nc3ccccc32)c(OC)c1. The number of nitrogens with zero attached hydrogens (tertiary/aromatic N) is 2. The number of methoxy groups -OCH3 is 2. The fraction of sp³-hybridized carbons (Fsp3) is 0.276. The second kappa shape index (κ2) is 11.4. The predicted molar refractivity (Wildman–Crippen MR) is 137 cm³/mol. The zero-order valence-electron chi connectivity index (χ0n) is 20.0. The second-order valence-electron chi connectivity index (χ2n) is 8.23. The fourth-order valence-corrected chi connectivity index (χ4v) is 4.11. The third-order valence-electron chi connectivity index (χ3n) is 5.90. The van der Waals surface area contributed by atoms with Crippen molar-refractivity contribution in [1.82, 2.24) is 9.55 Å². The monoisotopic (exact) mass is 456 g/mol. The Hall–Kier alpha value is -3.73. The summed E-state index contributed by atoms with van der Waals surface area (Å²) in [6.07, 6.45) is 5.41. The molecule has 0 aliphatic carbocycles. The first-order valence-corrected chi connectivity index (χ1v) is 11.7. The number of fused-ring (bicyclic) bond motifs is 1. The summed E-state index contributed by atoms with van der Waals surface area (Å²) in [7, 11) is 3.36. The van der Waals surface area contributed by atoms with Crippen molar-refractivity contribution in [2.75, 3.05) is 20.8 Å². The summed E-state index contributed by atoms with van der Waals surface area (Å²) in [6, 6.07) is 22.6. The van der Waals surface area contributed by atoms with E-state index in [9.17, 15) is 0 Å². The van der Waals surface area contributed by atoms with Gasteiger partial charge in [-0.3, -0.25) is 0 Å². The van der Waals surface area contributed by atoms with Crippen molar-refractivity contribution >= 4 is 11.0 Å². The molecule has 176 valence electrons. The third kappa shape index (κ3) is 5.60. The zero-order valence-corrected chi connectivity index (χ0v) is 20.0. The molecule has 4 rings (SSSR count). The fourth-order valence-electron chi connectivity index (χ4n) is 4.11. The molecule has 0 N–H and O–H groups in total. The Morgan fingerprint density at radius 3 is 2.44 bits per heavy atom. The largest absolute Gasteiger partial charge is 0.497 e. The van der Waals surface area contributed by atoms with Crippen LogP contribution in [0.3, 0.4) is 0 Å². The minimum Gasteiger partial charge on any atom is -0.497 e. The van der Waals surface area contributed by atoms with Gasteiger partial charge < -0.3 is 18.8 Å². The number of para-hydroxylation sites is 2. The molecule has 0 bridgehead atoms. The van der Waals surface area contributed by atoms with E-state index in [4.69, 9.17) is 19.2 Å². The average Bonchev–Trinajstić information content (AvgIpc) is 3.22. The first-order chi connectivity index (χ1) is 16.7. The summed E-state index contributed by atoms with van der Waals surface area (Å²) in [6.45, 7) is 5.33. The normalized spacial score (nSPS) is 10.9. The van der Waals surface area contributed by atoms with Crippen LogP contribution in [0.1, 0.15) is 29.8 Å². The highest BCUT2D eigenvalue weighted by Gasteiger charge is 2.11. The van der Waals surface area contributed by atoms with Crippen LogP contribution < -0.4 is 14.2 Å². The molecule has 0 amide bonds. The highest BCUT2D eigenvalue weighted by atomic mass is 16.5. The molecule has 0 radical (unpaired) electrons. The lowest BCUT2D eigenvalue weighted by atomic mass is 10.1. The van der Waals surface area contributed by atoms with Crippen molar-refractivity contribution in [3.8, 4) is 17.2 Å². The van der Waals surface area contributed by atoms with Crippen LogP contribution in [0, 0.1) is 0 Å². The van der Waals surface area contributed by atoms with Gasteiger partial charge in [-0.2, -0.15) is 0 Å². The van der Waals surface area contributed by atoms with Crippen LogP contribution in [0.25, 0.3) is 11.0 Å². The van der Waals surface area contributed by atoms with Crippen molar-refractivity contribution in [2.45, 2.75) is 32.2 Å². The van der Waals surface area contributed by atoms with Crippen molar-refractivity contribution in [2.24, 2.45) is 0 Å². The summed E-state index contributed by atoms with van der Waals surface area (Å²) < 4.78 is 19.2. The summed E-state index contributed by atoms with van der Waals surface area (Å²) in [5, 5.41) is 0. The number of unbranched alkanes of at least 4 members (excludes halogenated alkanes) is 1. The number of aromatic nitrogens is 2. The van der Waals surface area contributed by atoms with Gasteiger partial charge in [0, 0.05) is 13.0 Å². The summed E-state index contributed by atoms with van der Waals surface area (Å²) in [5.74, 6) is 3.49. The van der Waals surface area contributed by atoms with E-state index in [2.05, 4.69) is 47.5 Å². The number of rotatable bonds is 12. The Kier molecular flexibility index (Phi) is 7.87. The molecule has 3 aromatic carbocycles. The van der Waals surface area contributed by atoms with Gasteiger partial charge in [-0.25, -0.2) is 4.98 Å².